The van der Waals surface area contributed by atoms with Crippen LogP contribution in [0.4, 0.5) is 0 Å². The highest BCUT2D eigenvalue weighted by molar-refractivity contribution is 5.92. The van der Waals surface area contributed by atoms with Crippen LogP contribution >= 0.6 is 0 Å². The number of hydrogen-bond acceptors (Lipinski definition) is 4. The van der Waals surface area contributed by atoms with E-state index >= 15 is 0 Å². The van der Waals surface area contributed by atoms with Crippen molar-refractivity contribution in [3.05, 3.63) is 54.2 Å². The number of aromatic nitrogens is 1. The molecule has 5 heteroatoms. The zero-order chi connectivity index (χ0) is 13.0. The maximum absolute atomic E-state index is 11.7. The number of aliphatic hydroxyl groups is 1. The summed E-state index contributed by atoms with van der Waals surface area (Å²) < 4.78 is 5.12. The summed E-state index contributed by atoms with van der Waals surface area (Å²) >= 11 is 0. The summed E-state index contributed by atoms with van der Waals surface area (Å²) in [5, 5.41) is 12.8. The van der Waals surface area contributed by atoms with E-state index in [0.717, 1.165) is 0 Å². The van der Waals surface area contributed by atoms with Crippen molar-refractivity contribution in [3.8, 4) is 0 Å². The number of amides is 1. The third-order valence-electron chi connectivity index (χ3n) is 2.54. The Hall–Kier alpha value is -2.14. The number of pyridine rings is 1. The van der Waals surface area contributed by atoms with Gasteiger partial charge in [0, 0.05) is 6.20 Å². The van der Waals surface area contributed by atoms with E-state index in [1.165, 1.54) is 6.26 Å². The molecule has 0 aliphatic carbocycles. The Morgan fingerprint density at radius 3 is 2.89 bits per heavy atom. The molecule has 0 spiro atoms. The topological polar surface area (TPSA) is 75.4 Å². The molecule has 94 valence electrons. The highest BCUT2D eigenvalue weighted by atomic mass is 16.4. The van der Waals surface area contributed by atoms with Crippen LogP contribution in [0.1, 0.15) is 23.2 Å². The third-order valence-corrected chi connectivity index (χ3v) is 2.54. The third kappa shape index (κ3) is 2.75. The molecule has 0 aromatic carbocycles. The molecule has 2 aromatic heterocycles. The summed E-state index contributed by atoms with van der Waals surface area (Å²) in [4.78, 5) is 15.7. The smallest absolute Gasteiger partial charge is 0.269 e. The minimum Gasteiger partial charge on any atom is -0.466 e. The molecule has 1 amide bonds. The fraction of sp³-hybridized carbons (Fsp3) is 0.231. The minimum absolute atomic E-state index is 0.0515. The highest BCUT2D eigenvalue weighted by Gasteiger charge is 2.27. The van der Waals surface area contributed by atoms with E-state index in [-0.39, 0.29) is 12.5 Å². The first-order valence-electron chi connectivity index (χ1n) is 5.55. The second-order valence-corrected chi connectivity index (χ2v) is 4.15. The van der Waals surface area contributed by atoms with Crippen LogP contribution in [0.2, 0.25) is 0 Å². The number of furan rings is 1. The van der Waals surface area contributed by atoms with Gasteiger partial charge in [-0.15, -0.1) is 0 Å². The first-order chi connectivity index (χ1) is 8.59. The number of nitrogens with zero attached hydrogens (tertiary/aromatic N) is 1. The van der Waals surface area contributed by atoms with Crippen LogP contribution in [0.15, 0.2) is 47.2 Å². The molecule has 0 saturated carbocycles. The number of hydrogen-bond donors (Lipinski definition) is 2. The molecule has 2 rings (SSSR count). The molecule has 0 fully saturated rings. The van der Waals surface area contributed by atoms with Crippen LogP contribution in [-0.4, -0.2) is 22.5 Å². The van der Waals surface area contributed by atoms with Crippen LogP contribution in [0.25, 0.3) is 0 Å². The molecule has 0 aliphatic heterocycles. The SMILES string of the molecule is CC(O)(CNC(=O)c1ccccn1)c1ccco1. The van der Waals surface area contributed by atoms with Gasteiger partial charge in [-0.05, 0) is 31.2 Å². The fourth-order valence-corrected chi connectivity index (χ4v) is 1.51. The maximum atomic E-state index is 11.7. The average molecular weight is 246 g/mol. The molecular formula is C13H14N2O3. The molecule has 0 bridgehead atoms. The Kier molecular flexibility index (Phi) is 3.43. The van der Waals surface area contributed by atoms with Gasteiger partial charge in [-0.2, -0.15) is 0 Å². The lowest BCUT2D eigenvalue weighted by Crippen LogP contribution is -2.38. The Morgan fingerprint density at radius 1 is 1.44 bits per heavy atom. The summed E-state index contributed by atoms with van der Waals surface area (Å²) in [6.45, 7) is 1.63. The van der Waals surface area contributed by atoms with E-state index < -0.39 is 5.60 Å². The van der Waals surface area contributed by atoms with Crippen LogP contribution in [0.5, 0.6) is 0 Å². The fourth-order valence-electron chi connectivity index (χ4n) is 1.51. The van der Waals surface area contributed by atoms with Crippen molar-refractivity contribution in [1.29, 1.82) is 0 Å². The molecule has 2 N–H and O–H groups in total. The molecule has 0 radical (unpaired) electrons. The Bertz CT molecular complexity index is 506. The molecule has 0 aliphatic rings. The van der Waals surface area contributed by atoms with Crippen molar-refractivity contribution < 1.29 is 14.3 Å². The van der Waals surface area contributed by atoms with E-state index in [1.807, 2.05) is 0 Å². The van der Waals surface area contributed by atoms with Crippen molar-refractivity contribution in [2.75, 3.05) is 6.54 Å². The van der Waals surface area contributed by atoms with Crippen LogP contribution in [0.3, 0.4) is 0 Å². The minimum atomic E-state index is -1.24. The predicted molar refractivity (Wildman–Crippen MR) is 64.8 cm³/mol. The van der Waals surface area contributed by atoms with Crippen molar-refractivity contribution in [3.63, 3.8) is 0 Å². The van der Waals surface area contributed by atoms with Crippen molar-refractivity contribution in [2.24, 2.45) is 0 Å². The summed E-state index contributed by atoms with van der Waals surface area (Å²) in [6, 6.07) is 8.41. The summed E-state index contributed by atoms with van der Waals surface area (Å²) in [5.74, 6) is 0.0752. The van der Waals surface area contributed by atoms with Gasteiger partial charge in [-0.25, -0.2) is 0 Å². The summed E-state index contributed by atoms with van der Waals surface area (Å²) in [5.41, 5.74) is -0.929. The second kappa shape index (κ2) is 5.01. The van der Waals surface area contributed by atoms with Gasteiger partial charge >= 0.3 is 0 Å². The van der Waals surface area contributed by atoms with Crippen LogP contribution in [-0.2, 0) is 5.60 Å². The lowest BCUT2D eigenvalue weighted by molar-refractivity contribution is 0.0329. The van der Waals surface area contributed by atoms with Gasteiger partial charge in [0.2, 0.25) is 0 Å². The second-order valence-electron chi connectivity index (χ2n) is 4.15. The average Bonchev–Trinajstić information content (AvgIpc) is 2.92. The maximum Gasteiger partial charge on any atom is 0.269 e. The molecular weight excluding hydrogens is 232 g/mol. The quantitative estimate of drug-likeness (QED) is 0.853. The number of carbonyl (C=O) groups excluding carboxylic acids is 1. The zero-order valence-electron chi connectivity index (χ0n) is 9.96. The van der Waals surface area contributed by atoms with Gasteiger partial charge in [0.05, 0.1) is 12.8 Å². The first kappa shape index (κ1) is 12.3. The largest absolute Gasteiger partial charge is 0.466 e. The Balaban J connectivity index is 1.98. The molecule has 18 heavy (non-hydrogen) atoms. The first-order valence-corrected chi connectivity index (χ1v) is 5.55. The van der Waals surface area contributed by atoms with Gasteiger partial charge in [-0.3, -0.25) is 9.78 Å². The molecule has 1 atom stereocenters. The van der Waals surface area contributed by atoms with Crippen LogP contribution in [0, 0.1) is 0 Å². The predicted octanol–water partition coefficient (Wildman–Crippen LogP) is 1.31. The van der Waals surface area contributed by atoms with Gasteiger partial charge < -0.3 is 14.8 Å². The number of nitrogens with one attached hydrogen (secondary N) is 1. The van der Waals surface area contributed by atoms with E-state index in [0.29, 0.717) is 11.5 Å². The monoisotopic (exact) mass is 246 g/mol. The molecule has 0 saturated heterocycles. The Morgan fingerprint density at radius 2 is 2.28 bits per heavy atom. The summed E-state index contributed by atoms with van der Waals surface area (Å²) in [6.07, 6.45) is 3.02. The molecule has 1 unspecified atom stereocenters. The van der Waals surface area contributed by atoms with Crippen molar-refractivity contribution in [1.82, 2.24) is 10.3 Å². The van der Waals surface area contributed by atoms with Crippen molar-refractivity contribution >= 4 is 5.91 Å². The van der Waals surface area contributed by atoms with E-state index in [9.17, 15) is 9.90 Å². The number of rotatable bonds is 4. The summed E-state index contributed by atoms with van der Waals surface area (Å²) in [7, 11) is 0. The normalized spacial score (nSPS) is 13.9. The molecule has 5 nitrogen and oxygen atoms in total. The van der Waals surface area contributed by atoms with Crippen LogP contribution < -0.4 is 5.32 Å². The zero-order valence-corrected chi connectivity index (χ0v) is 9.96. The van der Waals surface area contributed by atoms with Gasteiger partial charge in [0.25, 0.3) is 5.91 Å². The molecule has 2 heterocycles. The van der Waals surface area contributed by atoms with Gasteiger partial charge in [0.15, 0.2) is 0 Å². The number of carbonyl (C=O) groups is 1. The standard InChI is InChI=1S/C13H14N2O3/c1-13(17,11-6-4-8-18-11)9-15-12(16)10-5-2-3-7-14-10/h2-8,17H,9H2,1H3,(H,15,16). The lowest BCUT2D eigenvalue weighted by atomic mass is 10.0. The van der Waals surface area contributed by atoms with Crippen molar-refractivity contribution in [2.45, 2.75) is 12.5 Å². The van der Waals surface area contributed by atoms with E-state index in [1.54, 1.807) is 43.5 Å². The molecule has 2 aromatic rings. The van der Waals surface area contributed by atoms with Gasteiger partial charge in [0.1, 0.15) is 17.1 Å². The van der Waals surface area contributed by atoms with E-state index in [2.05, 4.69) is 10.3 Å². The Labute approximate surface area is 104 Å². The highest BCUT2D eigenvalue weighted by Crippen LogP contribution is 2.19. The van der Waals surface area contributed by atoms with E-state index in [4.69, 9.17) is 4.42 Å². The van der Waals surface area contributed by atoms with Gasteiger partial charge in [-0.1, -0.05) is 6.07 Å². The lowest BCUT2D eigenvalue weighted by Gasteiger charge is -2.20.